The second-order valence-corrected chi connectivity index (χ2v) is 3.55. The maximum atomic E-state index is 12.2. The molecule has 0 fully saturated rings. The second-order valence-electron chi connectivity index (χ2n) is 3.55. The van der Waals surface area contributed by atoms with Gasteiger partial charge in [-0.2, -0.15) is 14.0 Å². The van der Waals surface area contributed by atoms with Crippen LogP contribution in [0.3, 0.4) is 0 Å². The van der Waals surface area contributed by atoms with Crippen molar-refractivity contribution in [2.24, 2.45) is 5.73 Å². The fourth-order valence-electron chi connectivity index (χ4n) is 1.40. The van der Waals surface area contributed by atoms with Crippen LogP contribution in [0.1, 0.15) is 12.5 Å². The van der Waals surface area contributed by atoms with Crippen LogP contribution in [0.2, 0.25) is 0 Å². The Labute approximate surface area is 114 Å². The van der Waals surface area contributed by atoms with Crippen LogP contribution in [-0.4, -0.2) is 19.1 Å². The molecule has 0 unspecified atom stereocenters. The average molecular weight is 282 g/mol. The number of nitriles is 1. The molecule has 106 valence electrons. The molecule has 0 aromatic heterocycles. The first-order chi connectivity index (χ1) is 9.47. The number of carbonyl (C=O) groups is 1. The number of hydrogen-bond donors (Lipinski definition) is 1. The number of benzene rings is 1. The van der Waals surface area contributed by atoms with E-state index >= 15 is 0 Å². The zero-order valence-electron chi connectivity index (χ0n) is 10.6. The molecule has 0 atom stereocenters. The molecule has 2 N–H and O–H groups in total. The van der Waals surface area contributed by atoms with Crippen molar-refractivity contribution in [3.63, 3.8) is 0 Å². The van der Waals surface area contributed by atoms with Crippen LogP contribution < -0.4 is 15.2 Å². The predicted octanol–water partition coefficient (Wildman–Crippen LogP) is 2.08. The van der Waals surface area contributed by atoms with Gasteiger partial charge >= 0.3 is 6.61 Å². The fraction of sp³-hybridized carbons (Fsp3) is 0.231. The number of rotatable bonds is 6. The van der Waals surface area contributed by atoms with Gasteiger partial charge in [-0.05, 0) is 30.7 Å². The molecule has 20 heavy (non-hydrogen) atoms. The van der Waals surface area contributed by atoms with Crippen molar-refractivity contribution in [1.82, 2.24) is 0 Å². The van der Waals surface area contributed by atoms with Gasteiger partial charge in [0, 0.05) is 0 Å². The van der Waals surface area contributed by atoms with Crippen molar-refractivity contribution < 1.29 is 23.0 Å². The lowest BCUT2D eigenvalue weighted by atomic mass is 10.1. The predicted molar refractivity (Wildman–Crippen MR) is 67.0 cm³/mol. The van der Waals surface area contributed by atoms with E-state index in [2.05, 4.69) is 4.74 Å². The van der Waals surface area contributed by atoms with Crippen molar-refractivity contribution >= 4 is 12.0 Å². The molecular weight excluding hydrogens is 270 g/mol. The molecule has 0 spiro atoms. The van der Waals surface area contributed by atoms with Gasteiger partial charge in [0.2, 0.25) is 0 Å². The van der Waals surface area contributed by atoms with E-state index < -0.39 is 12.5 Å². The summed E-state index contributed by atoms with van der Waals surface area (Å²) >= 11 is 0. The van der Waals surface area contributed by atoms with Gasteiger partial charge in [0.15, 0.2) is 11.5 Å². The maximum absolute atomic E-state index is 12.2. The van der Waals surface area contributed by atoms with E-state index in [1.165, 1.54) is 24.3 Å². The third-order valence-electron chi connectivity index (χ3n) is 2.18. The maximum Gasteiger partial charge on any atom is 0.387 e. The minimum Gasteiger partial charge on any atom is -0.490 e. The Morgan fingerprint density at radius 1 is 1.50 bits per heavy atom. The molecule has 0 aliphatic rings. The molecule has 0 saturated heterocycles. The summed E-state index contributed by atoms with van der Waals surface area (Å²) in [5.74, 6) is -0.918. The van der Waals surface area contributed by atoms with Crippen LogP contribution in [0, 0.1) is 11.3 Å². The Balaban J connectivity index is 3.16. The van der Waals surface area contributed by atoms with Gasteiger partial charge in [-0.25, -0.2) is 0 Å². The Kier molecular flexibility index (Phi) is 5.47. The molecule has 7 heteroatoms. The zero-order chi connectivity index (χ0) is 15.1. The van der Waals surface area contributed by atoms with E-state index in [1.807, 2.05) is 0 Å². The lowest BCUT2D eigenvalue weighted by Gasteiger charge is -2.11. The number of halogens is 2. The number of ether oxygens (including phenoxy) is 2. The third kappa shape index (κ3) is 4.24. The number of nitrogens with two attached hydrogens (primary N) is 1. The summed E-state index contributed by atoms with van der Waals surface area (Å²) in [6.07, 6.45) is 1.23. The van der Waals surface area contributed by atoms with Crippen molar-refractivity contribution in [2.75, 3.05) is 6.61 Å². The van der Waals surface area contributed by atoms with Gasteiger partial charge in [-0.15, -0.1) is 0 Å². The number of alkyl halides is 2. The van der Waals surface area contributed by atoms with E-state index in [9.17, 15) is 13.6 Å². The molecule has 0 aliphatic carbocycles. The minimum atomic E-state index is -2.98. The molecule has 5 nitrogen and oxygen atoms in total. The van der Waals surface area contributed by atoms with Crippen molar-refractivity contribution in [1.29, 1.82) is 5.26 Å². The highest BCUT2D eigenvalue weighted by atomic mass is 19.3. The summed E-state index contributed by atoms with van der Waals surface area (Å²) < 4.78 is 33.9. The Morgan fingerprint density at radius 2 is 2.20 bits per heavy atom. The Morgan fingerprint density at radius 3 is 2.70 bits per heavy atom. The van der Waals surface area contributed by atoms with Gasteiger partial charge < -0.3 is 15.2 Å². The van der Waals surface area contributed by atoms with E-state index in [0.29, 0.717) is 5.56 Å². The fourth-order valence-corrected chi connectivity index (χ4v) is 1.40. The number of primary amides is 1. The van der Waals surface area contributed by atoms with Crippen molar-refractivity contribution in [3.8, 4) is 17.6 Å². The normalized spacial score (nSPS) is 11.1. The summed E-state index contributed by atoms with van der Waals surface area (Å²) in [7, 11) is 0. The van der Waals surface area contributed by atoms with E-state index in [-0.39, 0.29) is 23.7 Å². The first-order valence-corrected chi connectivity index (χ1v) is 5.61. The summed E-state index contributed by atoms with van der Waals surface area (Å²) in [6.45, 7) is -1.05. The SMILES string of the molecule is CCOc1cc(/C=C(/C#N)C(N)=O)ccc1OC(F)F. The standard InChI is InChI=1S/C13H12F2N2O3/c1-2-19-11-6-8(5-9(7-16)12(17)18)3-4-10(11)20-13(14)15/h3-6,13H,2H2,1H3,(H2,17,18)/b9-5-. The highest BCUT2D eigenvalue weighted by molar-refractivity contribution is 6.00. The summed E-state index contributed by atoms with van der Waals surface area (Å²) in [6, 6.07) is 5.69. The van der Waals surface area contributed by atoms with Crippen molar-refractivity contribution in [2.45, 2.75) is 13.5 Å². The molecule has 0 heterocycles. The van der Waals surface area contributed by atoms with Gasteiger partial charge in [-0.1, -0.05) is 6.07 Å². The number of hydrogen-bond acceptors (Lipinski definition) is 4. The summed E-state index contributed by atoms with van der Waals surface area (Å²) in [4.78, 5) is 10.9. The van der Waals surface area contributed by atoms with Gasteiger partial charge in [-0.3, -0.25) is 4.79 Å². The highest BCUT2D eigenvalue weighted by Crippen LogP contribution is 2.30. The molecule has 0 aliphatic heterocycles. The molecule has 1 aromatic carbocycles. The Hall–Kier alpha value is -2.62. The lowest BCUT2D eigenvalue weighted by molar-refractivity contribution is -0.114. The average Bonchev–Trinajstić information content (AvgIpc) is 2.38. The minimum absolute atomic E-state index is 0.0864. The van der Waals surface area contributed by atoms with Crippen LogP contribution in [0.5, 0.6) is 11.5 Å². The summed E-state index contributed by atoms with van der Waals surface area (Å²) in [5, 5.41) is 8.73. The first-order valence-electron chi connectivity index (χ1n) is 5.61. The summed E-state index contributed by atoms with van der Waals surface area (Å²) in [5.41, 5.74) is 5.16. The van der Waals surface area contributed by atoms with Crippen LogP contribution >= 0.6 is 0 Å². The molecule has 0 saturated carbocycles. The van der Waals surface area contributed by atoms with E-state index in [1.54, 1.807) is 13.0 Å². The van der Waals surface area contributed by atoms with Crippen molar-refractivity contribution in [3.05, 3.63) is 29.3 Å². The molecular formula is C13H12F2N2O3. The number of carbonyl (C=O) groups excluding carboxylic acids is 1. The lowest BCUT2D eigenvalue weighted by Crippen LogP contribution is -2.12. The van der Waals surface area contributed by atoms with E-state index in [0.717, 1.165) is 0 Å². The van der Waals surface area contributed by atoms with Gasteiger partial charge in [0.1, 0.15) is 11.6 Å². The molecule has 0 bridgehead atoms. The molecule has 1 amide bonds. The van der Waals surface area contributed by atoms with Crippen LogP contribution in [0.15, 0.2) is 23.8 Å². The monoisotopic (exact) mass is 282 g/mol. The topological polar surface area (TPSA) is 85.3 Å². The zero-order valence-corrected chi connectivity index (χ0v) is 10.6. The first kappa shape index (κ1) is 15.4. The number of amides is 1. The Bertz CT molecular complexity index is 565. The van der Waals surface area contributed by atoms with Gasteiger partial charge in [0.05, 0.1) is 6.61 Å². The largest absolute Gasteiger partial charge is 0.490 e. The van der Waals surface area contributed by atoms with Crippen LogP contribution in [0.25, 0.3) is 6.08 Å². The molecule has 1 aromatic rings. The van der Waals surface area contributed by atoms with Crippen LogP contribution in [-0.2, 0) is 4.79 Å². The molecule has 0 radical (unpaired) electrons. The van der Waals surface area contributed by atoms with E-state index in [4.69, 9.17) is 15.7 Å². The smallest absolute Gasteiger partial charge is 0.387 e. The van der Waals surface area contributed by atoms with Crippen LogP contribution in [0.4, 0.5) is 8.78 Å². The molecule has 1 rings (SSSR count). The number of nitrogens with zero attached hydrogens (tertiary/aromatic N) is 1. The highest BCUT2D eigenvalue weighted by Gasteiger charge is 2.12. The second kappa shape index (κ2) is 7.09. The quantitative estimate of drug-likeness (QED) is 0.639. The third-order valence-corrected chi connectivity index (χ3v) is 2.18. The van der Waals surface area contributed by atoms with Gasteiger partial charge in [0.25, 0.3) is 5.91 Å².